The van der Waals surface area contributed by atoms with Crippen LogP contribution in [0, 0.1) is 6.92 Å². The molecule has 0 saturated carbocycles. The van der Waals surface area contributed by atoms with Crippen molar-refractivity contribution < 1.29 is 9.84 Å². The minimum atomic E-state index is -0.338. The molecule has 1 fully saturated rings. The average Bonchev–Trinajstić information content (AvgIpc) is 3.53. The highest BCUT2D eigenvalue weighted by atomic mass is 16.5. The third kappa shape index (κ3) is 4.83. The molecule has 0 bridgehead atoms. The van der Waals surface area contributed by atoms with Crippen molar-refractivity contribution in [3.63, 3.8) is 0 Å². The highest BCUT2D eigenvalue weighted by Gasteiger charge is 2.23. The third-order valence-electron chi connectivity index (χ3n) is 7.76. The van der Waals surface area contributed by atoms with Crippen LogP contribution in [0.15, 0.2) is 53.6 Å². The summed E-state index contributed by atoms with van der Waals surface area (Å²) >= 11 is 0. The van der Waals surface area contributed by atoms with Gasteiger partial charge in [0.15, 0.2) is 0 Å². The number of ether oxygens (including phenoxy) is 1. The predicted molar refractivity (Wildman–Crippen MR) is 162 cm³/mol. The molecule has 1 aliphatic heterocycles. The van der Waals surface area contributed by atoms with Gasteiger partial charge in [-0.25, -0.2) is 14.8 Å². The Hall–Kier alpha value is -4.28. The average molecular weight is 554 g/mol. The number of nitrogens with zero attached hydrogens (tertiary/aromatic N) is 6. The van der Waals surface area contributed by atoms with Crippen LogP contribution in [-0.2, 0) is 18.4 Å². The van der Waals surface area contributed by atoms with Crippen molar-refractivity contribution in [1.29, 1.82) is 0 Å². The number of nitrogens with one attached hydrogen (secondary N) is 1. The number of imidazole rings is 1. The van der Waals surface area contributed by atoms with E-state index in [0.29, 0.717) is 19.8 Å². The van der Waals surface area contributed by atoms with Gasteiger partial charge in [0.1, 0.15) is 11.6 Å². The van der Waals surface area contributed by atoms with Gasteiger partial charge in [0, 0.05) is 56.0 Å². The number of rotatable bonds is 8. The fraction of sp³-hybridized carbons (Fsp3) is 0.355. The van der Waals surface area contributed by atoms with E-state index in [4.69, 9.17) is 9.72 Å². The predicted octanol–water partition coefficient (Wildman–Crippen LogP) is 4.18. The number of fused-ring (bicyclic) bond motifs is 3. The maximum atomic E-state index is 13.7. The third-order valence-corrected chi connectivity index (χ3v) is 7.76. The molecule has 1 unspecified atom stereocenters. The van der Waals surface area contributed by atoms with E-state index in [0.717, 1.165) is 81.2 Å². The first-order valence-corrected chi connectivity index (χ1v) is 14.1. The molecular formula is C31H35N7O3. The molecule has 5 heterocycles. The molecule has 212 valence electrons. The second-order valence-corrected chi connectivity index (χ2v) is 10.5. The lowest BCUT2D eigenvalue weighted by atomic mass is 10.0. The largest absolute Gasteiger partial charge is 0.391 e. The van der Waals surface area contributed by atoms with Crippen LogP contribution >= 0.6 is 0 Å². The molecule has 4 aromatic heterocycles. The van der Waals surface area contributed by atoms with Gasteiger partial charge in [0.25, 0.3) is 0 Å². The number of aryl methyl sites for hydroxylation is 2. The summed E-state index contributed by atoms with van der Waals surface area (Å²) in [5.74, 6) is 1.63. The van der Waals surface area contributed by atoms with E-state index in [2.05, 4.69) is 32.3 Å². The molecule has 10 nitrogen and oxygen atoms in total. The maximum Gasteiger partial charge on any atom is 0.333 e. The molecule has 10 heteroatoms. The Bertz CT molecular complexity index is 1810. The van der Waals surface area contributed by atoms with Gasteiger partial charge in [-0.1, -0.05) is 6.07 Å². The highest BCUT2D eigenvalue weighted by molar-refractivity contribution is 6.04. The number of pyridine rings is 3. The Balaban J connectivity index is 1.50. The number of aromatic nitrogens is 5. The van der Waals surface area contributed by atoms with Gasteiger partial charge in [-0.15, -0.1) is 0 Å². The molecule has 0 aliphatic carbocycles. The molecule has 0 amide bonds. The molecule has 1 aromatic carbocycles. The quantitative estimate of drug-likeness (QED) is 0.295. The second kappa shape index (κ2) is 10.9. The summed E-state index contributed by atoms with van der Waals surface area (Å²) in [5.41, 5.74) is 6.53. The number of benzene rings is 1. The molecule has 1 saturated heterocycles. The van der Waals surface area contributed by atoms with Crippen LogP contribution in [0.4, 0.5) is 11.6 Å². The van der Waals surface area contributed by atoms with Gasteiger partial charge in [0.05, 0.1) is 46.8 Å². The van der Waals surface area contributed by atoms with Crippen LogP contribution in [0.2, 0.25) is 0 Å². The maximum absolute atomic E-state index is 13.7. The zero-order chi connectivity index (χ0) is 28.7. The zero-order valence-electron chi connectivity index (χ0n) is 23.9. The molecule has 1 atom stereocenters. The fourth-order valence-corrected chi connectivity index (χ4v) is 5.62. The molecule has 0 radical (unpaired) electrons. The van der Waals surface area contributed by atoms with E-state index in [1.807, 2.05) is 51.2 Å². The minimum absolute atomic E-state index is 0.162. The van der Waals surface area contributed by atoms with Gasteiger partial charge in [-0.3, -0.25) is 14.1 Å². The van der Waals surface area contributed by atoms with E-state index < -0.39 is 0 Å². The van der Waals surface area contributed by atoms with Gasteiger partial charge in [-0.05, 0) is 63.1 Å². The molecule has 6 rings (SSSR count). The number of hydrogen-bond donors (Lipinski definition) is 2. The summed E-state index contributed by atoms with van der Waals surface area (Å²) in [7, 11) is 1.77. The van der Waals surface area contributed by atoms with Gasteiger partial charge < -0.3 is 20.1 Å². The zero-order valence-corrected chi connectivity index (χ0v) is 23.9. The normalized spacial score (nSPS) is 15.3. The Kier molecular flexibility index (Phi) is 7.19. The number of β-amino-alcohol motifs (C(OH)–C–C–N with tert-alkyl or cyclic N) is 1. The van der Waals surface area contributed by atoms with Crippen LogP contribution in [0.5, 0.6) is 0 Å². The Morgan fingerprint density at radius 1 is 1.10 bits per heavy atom. The van der Waals surface area contributed by atoms with Gasteiger partial charge in [-0.2, -0.15) is 0 Å². The van der Waals surface area contributed by atoms with E-state index >= 15 is 0 Å². The van der Waals surface area contributed by atoms with Crippen LogP contribution in [0.25, 0.3) is 38.8 Å². The minimum Gasteiger partial charge on any atom is -0.391 e. The summed E-state index contributed by atoms with van der Waals surface area (Å²) in [5, 5.41) is 14.2. The van der Waals surface area contributed by atoms with Crippen LogP contribution in [0.3, 0.4) is 0 Å². The molecular weight excluding hydrogens is 518 g/mol. The summed E-state index contributed by atoms with van der Waals surface area (Å²) in [4.78, 5) is 29.9. The monoisotopic (exact) mass is 553 g/mol. The summed E-state index contributed by atoms with van der Waals surface area (Å²) in [6, 6.07) is 12.1. The van der Waals surface area contributed by atoms with E-state index in [-0.39, 0.29) is 11.8 Å². The number of hydrogen-bond acceptors (Lipinski definition) is 8. The van der Waals surface area contributed by atoms with Gasteiger partial charge in [0.2, 0.25) is 0 Å². The number of aliphatic hydroxyl groups excluding tert-OH is 1. The Morgan fingerprint density at radius 2 is 1.95 bits per heavy atom. The molecule has 0 spiro atoms. The lowest BCUT2D eigenvalue weighted by Gasteiger charge is -2.18. The Labute approximate surface area is 238 Å². The topological polar surface area (TPSA) is 110 Å². The van der Waals surface area contributed by atoms with Crippen molar-refractivity contribution in [2.75, 3.05) is 36.5 Å². The number of anilines is 2. The highest BCUT2D eigenvalue weighted by Crippen LogP contribution is 2.32. The smallest absolute Gasteiger partial charge is 0.333 e. The molecule has 2 N–H and O–H groups in total. The lowest BCUT2D eigenvalue weighted by molar-refractivity contribution is 0.134. The van der Waals surface area contributed by atoms with Crippen molar-refractivity contribution in [1.82, 2.24) is 24.1 Å². The first kappa shape index (κ1) is 26.9. The molecule has 1 aliphatic rings. The van der Waals surface area contributed by atoms with Crippen molar-refractivity contribution >= 4 is 33.6 Å². The van der Waals surface area contributed by atoms with Gasteiger partial charge >= 0.3 is 5.69 Å². The van der Waals surface area contributed by atoms with Crippen LogP contribution in [0.1, 0.15) is 31.5 Å². The second-order valence-electron chi connectivity index (χ2n) is 10.5. The summed E-state index contributed by atoms with van der Waals surface area (Å²) in [6.07, 6.45) is 4.01. The summed E-state index contributed by atoms with van der Waals surface area (Å²) in [6.45, 7) is 9.13. The first-order valence-electron chi connectivity index (χ1n) is 14.1. The standard InChI is InChI=1S/C31H35N7O3/c1-5-32-30-22(18-41-6-2)13-21(15-34-30)20-7-8-25-24(14-20)29-27(16-33-25)36(4)31(40)38(29)26-9-10-28(35-19(26)3)37-12-11-23(39)17-37/h7-10,13-16,23,39H,5-6,11-12,17-18H2,1-4H3,(H,32,34). The van der Waals surface area contributed by atoms with E-state index in [1.165, 1.54) is 0 Å². The van der Waals surface area contributed by atoms with E-state index in [9.17, 15) is 9.90 Å². The van der Waals surface area contributed by atoms with Crippen molar-refractivity contribution in [3.8, 4) is 16.8 Å². The van der Waals surface area contributed by atoms with Crippen molar-refractivity contribution in [2.45, 2.75) is 39.9 Å². The summed E-state index contributed by atoms with van der Waals surface area (Å²) < 4.78 is 9.08. The van der Waals surface area contributed by atoms with Crippen LogP contribution < -0.4 is 15.9 Å². The van der Waals surface area contributed by atoms with Crippen molar-refractivity contribution in [2.24, 2.45) is 7.05 Å². The SMILES string of the molecule is CCNc1ncc(-c2ccc3ncc4c(c3c2)n(-c2ccc(N3CCC(O)C3)nc2C)c(=O)n4C)cc1COCC. The van der Waals surface area contributed by atoms with Crippen molar-refractivity contribution in [3.05, 3.63) is 70.5 Å². The van der Waals surface area contributed by atoms with E-state index in [1.54, 1.807) is 22.4 Å². The Morgan fingerprint density at radius 3 is 2.68 bits per heavy atom. The lowest BCUT2D eigenvalue weighted by Crippen LogP contribution is -2.24. The molecule has 5 aromatic rings. The fourth-order valence-electron chi connectivity index (χ4n) is 5.62. The first-order chi connectivity index (χ1) is 19.9. The molecule has 41 heavy (non-hydrogen) atoms. The van der Waals surface area contributed by atoms with Crippen LogP contribution in [-0.4, -0.2) is 61.5 Å². The number of aliphatic hydroxyl groups is 1.